The number of pyridine rings is 1. The fourth-order valence-electron chi connectivity index (χ4n) is 2.58. The molecule has 10 heteroatoms. The van der Waals surface area contributed by atoms with E-state index in [4.69, 9.17) is 16.3 Å². The van der Waals surface area contributed by atoms with Gasteiger partial charge in [0.25, 0.3) is 5.78 Å². The van der Waals surface area contributed by atoms with E-state index >= 15 is 0 Å². The third-order valence-electron chi connectivity index (χ3n) is 3.81. The molecule has 0 unspecified atom stereocenters. The van der Waals surface area contributed by atoms with Crippen molar-refractivity contribution in [2.45, 2.75) is 12.8 Å². The number of alkyl halides is 3. The second-order valence-corrected chi connectivity index (χ2v) is 6.20. The molecule has 4 rings (SSSR count). The summed E-state index contributed by atoms with van der Waals surface area (Å²) in [5, 5.41) is 4.19. The zero-order valence-corrected chi connectivity index (χ0v) is 14.8. The molecule has 3 aromatic heterocycles. The summed E-state index contributed by atoms with van der Waals surface area (Å²) < 4.78 is 46.8. The standard InChI is InChI=1S/C18H11ClF3N5O/c19-11-4-5-13(14(7-11)18(20,21)22)15-8-24-17-25-12(9-27(17)26-15)10-28-16-3-1-2-6-23-16/h1-9H,10H2. The Morgan fingerprint density at radius 2 is 1.96 bits per heavy atom. The molecular weight excluding hydrogens is 395 g/mol. The molecule has 0 N–H and O–H groups in total. The normalized spacial score (nSPS) is 11.7. The van der Waals surface area contributed by atoms with Crippen LogP contribution < -0.4 is 4.74 Å². The SMILES string of the molecule is FC(F)(F)c1cc(Cl)ccc1-c1cnc2nc(COc3ccccn3)cn2n1. The smallest absolute Gasteiger partial charge is 0.417 e. The first-order chi connectivity index (χ1) is 13.4. The monoisotopic (exact) mass is 405 g/mol. The van der Waals surface area contributed by atoms with Gasteiger partial charge in [-0.2, -0.15) is 18.3 Å². The van der Waals surface area contributed by atoms with Gasteiger partial charge in [-0.15, -0.1) is 0 Å². The van der Waals surface area contributed by atoms with Gasteiger partial charge in [0.2, 0.25) is 5.88 Å². The van der Waals surface area contributed by atoms with Gasteiger partial charge in [0, 0.05) is 22.8 Å². The van der Waals surface area contributed by atoms with Crippen LogP contribution >= 0.6 is 11.6 Å². The van der Waals surface area contributed by atoms with Crippen LogP contribution in [0.1, 0.15) is 11.3 Å². The Labute approximate surface area is 161 Å². The van der Waals surface area contributed by atoms with Gasteiger partial charge in [0.15, 0.2) is 0 Å². The van der Waals surface area contributed by atoms with E-state index in [1.54, 1.807) is 24.4 Å². The molecule has 0 spiro atoms. The van der Waals surface area contributed by atoms with Crippen molar-refractivity contribution in [2.75, 3.05) is 0 Å². The zero-order valence-electron chi connectivity index (χ0n) is 14.1. The Morgan fingerprint density at radius 3 is 2.71 bits per heavy atom. The summed E-state index contributed by atoms with van der Waals surface area (Å²) in [7, 11) is 0. The predicted octanol–water partition coefficient (Wildman–Crippen LogP) is 4.44. The molecule has 0 radical (unpaired) electrons. The molecule has 0 bridgehead atoms. The Hall–Kier alpha value is -3.20. The summed E-state index contributed by atoms with van der Waals surface area (Å²) in [5.74, 6) is 0.669. The van der Waals surface area contributed by atoms with Crippen LogP contribution in [0.2, 0.25) is 5.02 Å². The molecule has 0 saturated carbocycles. The van der Waals surface area contributed by atoms with Crippen molar-refractivity contribution < 1.29 is 17.9 Å². The molecule has 6 nitrogen and oxygen atoms in total. The highest BCUT2D eigenvalue weighted by Gasteiger charge is 2.34. The van der Waals surface area contributed by atoms with Crippen molar-refractivity contribution >= 4 is 17.4 Å². The molecule has 0 fully saturated rings. The number of rotatable bonds is 4. The van der Waals surface area contributed by atoms with E-state index in [2.05, 4.69) is 20.1 Å². The Balaban J connectivity index is 1.66. The number of hydrogen-bond acceptors (Lipinski definition) is 5. The van der Waals surface area contributed by atoms with Crippen molar-refractivity contribution in [3.05, 3.63) is 71.3 Å². The van der Waals surface area contributed by atoms with Gasteiger partial charge in [-0.05, 0) is 18.2 Å². The maximum Gasteiger partial charge on any atom is 0.417 e. The van der Waals surface area contributed by atoms with E-state index in [9.17, 15) is 13.2 Å². The minimum Gasteiger partial charge on any atom is -0.471 e. The number of hydrogen-bond donors (Lipinski definition) is 0. The molecule has 0 saturated heterocycles. The van der Waals surface area contributed by atoms with Gasteiger partial charge in [0.05, 0.1) is 18.0 Å². The predicted molar refractivity (Wildman–Crippen MR) is 94.8 cm³/mol. The molecule has 1 aromatic carbocycles. The van der Waals surface area contributed by atoms with Gasteiger partial charge >= 0.3 is 6.18 Å². The minimum absolute atomic E-state index is 0.0123. The fourth-order valence-corrected chi connectivity index (χ4v) is 2.75. The molecule has 0 amide bonds. The quantitative estimate of drug-likeness (QED) is 0.502. The molecule has 28 heavy (non-hydrogen) atoms. The number of halogens is 4. The fraction of sp³-hybridized carbons (Fsp3) is 0.111. The minimum atomic E-state index is -4.58. The molecule has 0 aliphatic rings. The summed E-state index contributed by atoms with van der Waals surface area (Å²) in [4.78, 5) is 12.4. The number of ether oxygens (including phenoxy) is 1. The average Bonchev–Trinajstić information content (AvgIpc) is 3.08. The lowest BCUT2D eigenvalue weighted by Crippen LogP contribution is -2.08. The highest BCUT2D eigenvalue weighted by atomic mass is 35.5. The lowest BCUT2D eigenvalue weighted by molar-refractivity contribution is -0.137. The Kier molecular flexibility index (Phi) is 4.60. The molecule has 0 atom stereocenters. The Bertz CT molecular complexity index is 1130. The number of nitrogens with zero attached hydrogens (tertiary/aromatic N) is 5. The van der Waals surface area contributed by atoms with Crippen LogP contribution in [0.3, 0.4) is 0 Å². The Morgan fingerprint density at radius 1 is 1.11 bits per heavy atom. The van der Waals surface area contributed by atoms with Crippen LogP contribution in [-0.4, -0.2) is 24.6 Å². The number of fused-ring (bicyclic) bond motifs is 1. The molecule has 142 valence electrons. The van der Waals surface area contributed by atoms with Crippen LogP contribution in [0.4, 0.5) is 13.2 Å². The van der Waals surface area contributed by atoms with Crippen molar-refractivity contribution in [3.8, 4) is 17.1 Å². The summed E-state index contributed by atoms with van der Waals surface area (Å²) in [5.41, 5.74) is -0.445. The van der Waals surface area contributed by atoms with Crippen molar-refractivity contribution in [2.24, 2.45) is 0 Å². The van der Waals surface area contributed by atoms with Crippen molar-refractivity contribution in [1.29, 1.82) is 0 Å². The third-order valence-corrected chi connectivity index (χ3v) is 4.04. The van der Waals surface area contributed by atoms with Crippen molar-refractivity contribution in [1.82, 2.24) is 24.6 Å². The van der Waals surface area contributed by atoms with E-state index in [1.807, 2.05) is 0 Å². The summed E-state index contributed by atoms with van der Waals surface area (Å²) in [6.07, 6.45) is -0.200. The van der Waals surface area contributed by atoms with E-state index in [0.29, 0.717) is 11.6 Å². The molecular formula is C18H11ClF3N5O. The molecule has 0 aliphatic heterocycles. The number of benzene rings is 1. The topological polar surface area (TPSA) is 65.2 Å². The summed E-state index contributed by atoms with van der Waals surface area (Å²) in [6.45, 7) is 0.117. The van der Waals surface area contributed by atoms with Gasteiger partial charge in [-0.1, -0.05) is 23.7 Å². The highest BCUT2D eigenvalue weighted by Crippen LogP contribution is 2.37. The average molecular weight is 406 g/mol. The van der Waals surface area contributed by atoms with Crippen LogP contribution in [0, 0.1) is 0 Å². The summed E-state index contributed by atoms with van der Waals surface area (Å²) in [6, 6.07) is 8.75. The van der Waals surface area contributed by atoms with Crippen LogP contribution in [0.5, 0.6) is 5.88 Å². The van der Waals surface area contributed by atoms with E-state index in [1.165, 1.54) is 29.0 Å². The second-order valence-electron chi connectivity index (χ2n) is 5.76. The molecule has 3 heterocycles. The third kappa shape index (κ3) is 3.74. The van der Waals surface area contributed by atoms with Gasteiger partial charge < -0.3 is 4.74 Å². The van der Waals surface area contributed by atoms with Gasteiger partial charge in [-0.3, -0.25) is 0 Å². The van der Waals surface area contributed by atoms with E-state index < -0.39 is 11.7 Å². The largest absolute Gasteiger partial charge is 0.471 e. The lowest BCUT2D eigenvalue weighted by atomic mass is 10.0. The number of aromatic nitrogens is 5. The maximum atomic E-state index is 13.3. The van der Waals surface area contributed by atoms with E-state index in [0.717, 1.165) is 6.07 Å². The highest BCUT2D eigenvalue weighted by molar-refractivity contribution is 6.30. The molecule has 4 aromatic rings. The van der Waals surface area contributed by atoms with Crippen LogP contribution in [0.15, 0.2) is 55.0 Å². The zero-order chi connectivity index (χ0) is 19.7. The van der Waals surface area contributed by atoms with Crippen LogP contribution in [0.25, 0.3) is 17.0 Å². The van der Waals surface area contributed by atoms with E-state index in [-0.39, 0.29) is 28.7 Å². The van der Waals surface area contributed by atoms with Crippen molar-refractivity contribution in [3.63, 3.8) is 0 Å². The maximum absolute atomic E-state index is 13.3. The summed E-state index contributed by atoms with van der Waals surface area (Å²) >= 11 is 5.72. The van der Waals surface area contributed by atoms with Gasteiger partial charge in [-0.25, -0.2) is 19.5 Å². The first-order valence-electron chi connectivity index (χ1n) is 8.02. The lowest BCUT2D eigenvalue weighted by Gasteiger charge is -2.12. The number of imidazole rings is 1. The second kappa shape index (κ2) is 7.08. The molecule has 0 aliphatic carbocycles. The first-order valence-corrected chi connectivity index (χ1v) is 8.40. The van der Waals surface area contributed by atoms with Crippen LogP contribution in [-0.2, 0) is 12.8 Å². The first kappa shape index (κ1) is 18.2. The van der Waals surface area contributed by atoms with Gasteiger partial charge in [0.1, 0.15) is 18.0 Å².